The minimum atomic E-state index is -0.166. The molecule has 2 aromatic carbocycles. The van der Waals surface area contributed by atoms with Crippen LogP contribution in [0.4, 0.5) is 0 Å². The number of carbonyl (C=O) groups excluding carboxylic acids is 1. The number of methoxy groups -OCH3 is 1. The molecular weight excluding hydrogens is 363 g/mol. The normalized spacial score (nSPS) is 10.8. The zero-order chi connectivity index (χ0) is 16.5. The van der Waals surface area contributed by atoms with Crippen molar-refractivity contribution in [3.63, 3.8) is 0 Å². The summed E-state index contributed by atoms with van der Waals surface area (Å²) < 4.78 is 10.6. The predicted molar refractivity (Wildman–Crippen MR) is 96.8 cm³/mol. The predicted octanol–water partition coefficient (Wildman–Crippen LogP) is 0.930. The molecule has 130 valence electrons. The van der Waals surface area contributed by atoms with Gasteiger partial charge in [0.25, 0.3) is 0 Å². The van der Waals surface area contributed by atoms with Crippen molar-refractivity contribution >= 4 is 17.7 Å². The number of ether oxygens (including phenoxy) is 2. The molecule has 0 amide bonds. The first-order valence-corrected chi connectivity index (χ1v) is 8.73. The van der Waals surface area contributed by atoms with Gasteiger partial charge in [-0.2, -0.15) is 0 Å². The minimum Gasteiger partial charge on any atom is -0.870 e. The van der Waals surface area contributed by atoms with Crippen molar-refractivity contribution < 1.29 is 71.1 Å². The summed E-state index contributed by atoms with van der Waals surface area (Å²) in [6.45, 7) is 2.60. The van der Waals surface area contributed by atoms with Crippen molar-refractivity contribution in [1.82, 2.24) is 0 Å². The third-order valence-electron chi connectivity index (χ3n) is 3.42. The molecule has 1 unspecified atom stereocenters. The van der Waals surface area contributed by atoms with Gasteiger partial charge in [0.05, 0.1) is 7.11 Å². The fourth-order valence-corrected chi connectivity index (χ4v) is 3.16. The van der Waals surface area contributed by atoms with Crippen LogP contribution < -0.4 is 56.1 Å². The fraction of sp³-hybridized carbons (Fsp3) is 0.316. The van der Waals surface area contributed by atoms with Gasteiger partial charge in [-0.1, -0.05) is 49.4 Å². The number of carbonyl (C=O) groups is 1. The van der Waals surface area contributed by atoms with E-state index in [4.69, 9.17) is 9.47 Å². The summed E-state index contributed by atoms with van der Waals surface area (Å²) in [5.74, 6) is 1.55. The topological polar surface area (TPSA) is 65.5 Å². The van der Waals surface area contributed by atoms with Crippen LogP contribution in [-0.4, -0.2) is 29.6 Å². The molecule has 0 aliphatic rings. The summed E-state index contributed by atoms with van der Waals surface area (Å²) in [4.78, 5) is 11.8. The van der Waals surface area contributed by atoms with Crippen molar-refractivity contribution in [2.45, 2.75) is 25.2 Å². The fourth-order valence-electron chi connectivity index (χ4n) is 2.22. The standard InChI is InChI=1S/C19H22O3S.K.H2O/c1-3-23-18(19(20)21-2)13-15-9-11-17(12-10-15)22-14-16-7-5-4-6-8-16;;/h4-12,18H,3,13-14H2,1-2H3;;1H2/q;+1;/p-1. The van der Waals surface area contributed by atoms with E-state index >= 15 is 0 Å². The van der Waals surface area contributed by atoms with Crippen molar-refractivity contribution in [2.24, 2.45) is 0 Å². The molecule has 0 aliphatic heterocycles. The number of esters is 1. The first kappa shape index (κ1) is 24.7. The summed E-state index contributed by atoms with van der Waals surface area (Å²) in [6, 6.07) is 18.0. The van der Waals surface area contributed by atoms with Crippen LogP contribution in [0.1, 0.15) is 18.1 Å². The molecule has 1 N–H and O–H groups in total. The van der Waals surface area contributed by atoms with E-state index in [-0.39, 0.29) is 68.1 Å². The first-order chi connectivity index (χ1) is 11.2. The summed E-state index contributed by atoms with van der Waals surface area (Å²) >= 11 is 1.61. The number of rotatable bonds is 8. The van der Waals surface area contributed by atoms with E-state index in [2.05, 4.69) is 0 Å². The van der Waals surface area contributed by atoms with Gasteiger partial charge in [0.1, 0.15) is 17.6 Å². The molecule has 0 radical (unpaired) electrons. The number of benzene rings is 2. The van der Waals surface area contributed by atoms with Crippen LogP contribution in [0, 0.1) is 0 Å². The monoisotopic (exact) mass is 386 g/mol. The Morgan fingerprint density at radius 3 is 2.24 bits per heavy atom. The van der Waals surface area contributed by atoms with E-state index < -0.39 is 0 Å². The number of hydrogen-bond donors (Lipinski definition) is 0. The van der Waals surface area contributed by atoms with E-state index in [1.54, 1.807) is 11.8 Å². The third kappa shape index (κ3) is 8.73. The SMILES string of the molecule is CCSC(Cc1ccc(OCc2ccccc2)cc1)C(=O)OC.[K+].[OH-]. The van der Waals surface area contributed by atoms with E-state index in [9.17, 15) is 4.79 Å². The second-order valence-electron chi connectivity index (χ2n) is 5.09. The smallest absolute Gasteiger partial charge is 0.870 e. The van der Waals surface area contributed by atoms with E-state index in [0.29, 0.717) is 13.0 Å². The molecule has 2 aromatic rings. The molecule has 25 heavy (non-hydrogen) atoms. The van der Waals surface area contributed by atoms with E-state index in [1.165, 1.54) is 7.11 Å². The second kappa shape index (κ2) is 13.8. The quantitative estimate of drug-likeness (QED) is 0.499. The van der Waals surface area contributed by atoms with Crippen LogP contribution in [0.3, 0.4) is 0 Å². The Hall–Kier alpha value is -0.344. The van der Waals surface area contributed by atoms with Gasteiger partial charge in [-0.15, -0.1) is 11.8 Å². The molecule has 0 spiro atoms. The van der Waals surface area contributed by atoms with Crippen LogP contribution in [0.25, 0.3) is 0 Å². The average molecular weight is 387 g/mol. The van der Waals surface area contributed by atoms with Gasteiger partial charge in [0, 0.05) is 0 Å². The molecule has 0 saturated heterocycles. The Balaban J connectivity index is 0.00000288. The largest absolute Gasteiger partial charge is 1.00 e. The average Bonchev–Trinajstić information content (AvgIpc) is 2.61. The van der Waals surface area contributed by atoms with Gasteiger partial charge in [0.2, 0.25) is 0 Å². The Morgan fingerprint density at radius 1 is 1.04 bits per heavy atom. The molecule has 0 aliphatic carbocycles. The van der Waals surface area contributed by atoms with Gasteiger partial charge >= 0.3 is 57.4 Å². The molecule has 1 atom stereocenters. The van der Waals surface area contributed by atoms with Crippen LogP contribution >= 0.6 is 11.8 Å². The summed E-state index contributed by atoms with van der Waals surface area (Å²) in [5, 5.41) is -0.152. The van der Waals surface area contributed by atoms with Crippen molar-refractivity contribution in [2.75, 3.05) is 12.9 Å². The molecular formula is C19H23KO4S. The van der Waals surface area contributed by atoms with Gasteiger partial charge in [0.15, 0.2) is 0 Å². The summed E-state index contributed by atoms with van der Waals surface area (Å²) in [7, 11) is 1.44. The molecule has 0 fully saturated rings. The van der Waals surface area contributed by atoms with Gasteiger partial charge in [-0.25, -0.2) is 0 Å². The Morgan fingerprint density at radius 2 is 1.68 bits per heavy atom. The zero-order valence-electron chi connectivity index (χ0n) is 15.0. The van der Waals surface area contributed by atoms with Crippen molar-refractivity contribution in [3.05, 3.63) is 65.7 Å². The van der Waals surface area contributed by atoms with Crippen LogP contribution in [-0.2, 0) is 22.6 Å². The molecule has 0 aromatic heterocycles. The van der Waals surface area contributed by atoms with E-state index in [1.807, 2.05) is 61.5 Å². The van der Waals surface area contributed by atoms with Gasteiger partial charge < -0.3 is 14.9 Å². The first-order valence-electron chi connectivity index (χ1n) is 7.68. The summed E-state index contributed by atoms with van der Waals surface area (Å²) in [5.41, 5.74) is 2.25. The van der Waals surface area contributed by atoms with Crippen molar-refractivity contribution in [1.29, 1.82) is 0 Å². The van der Waals surface area contributed by atoms with Gasteiger partial charge in [-0.05, 0) is 35.4 Å². The van der Waals surface area contributed by atoms with Crippen LogP contribution in [0.2, 0.25) is 0 Å². The van der Waals surface area contributed by atoms with E-state index in [0.717, 1.165) is 22.6 Å². The Kier molecular flexibility index (Phi) is 13.6. The Bertz CT molecular complexity index is 605. The number of thioether (sulfide) groups is 1. The maximum atomic E-state index is 11.8. The molecule has 6 heteroatoms. The van der Waals surface area contributed by atoms with Crippen molar-refractivity contribution in [3.8, 4) is 5.75 Å². The number of hydrogen-bond acceptors (Lipinski definition) is 5. The molecule has 0 heterocycles. The molecule has 2 rings (SSSR count). The summed E-state index contributed by atoms with van der Waals surface area (Å²) in [6.07, 6.45) is 0.671. The molecule has 0 bridgehead atoms. The van der Waals surface area contributed by atoms with Crippen LogP contribution in [0.5, 0.6) is 5.75 Å². The second-order valence-corrected chi connectivity index (χ2v) is 6.57. The van der Waals surface area contributed by atoms with Crippen LogP contribution in [0.15, 0.2) is 54.6 Å². The maximum absolute atomic E-state index is 11.8. The molecule has 0 saturated carbocycles. The van der Waals surface area contributed by atoms with Gasteiger partial charge in [-0.3, -0.25) is 4.79 Å². The zero-order valence-corrected chi connectivity index (χ0v) is 18.9. The molecule has 4 nitrogen and oxygen atoms in total. The third-order valence-corrected chi connectivity index (χ3v) is 4.52. The minimum absolute atomic E-state index is 0. The Labute approximate surface area is 196 Å². The maximum Gasteiger partial charge on any atom is 1.00 e.